The summed E-state index contributed by atoms with van der Waals surface area (Å²) in [4.78, 5) is 0. The largest absolute Gasteiger partial charge is 0.399 e. The SMILES string of the molecule is Nc1ccc(NCC(O)CO)c(-c2ccc(F)cc2)c1. The fraction of sp³-hybridized carbons (Fsp3) is 0.200. The maximum Gasteiger partial charge on any atom is 0.123 e. The summed E-state index contributed by atoms with van der Waals surface area (Å²) >= 11 is 0. The minimum Gasteiger partial charge on any atom is -0.399 e. The van der Waals surface area contributed by atoms with Crippen molar-refractivity contribution in [3.05, 3.63) is 48.3 Å². The minimum absolute atomic E-state index is 0.217. The van der Waals surface area contributed by atoms with Crippen molar-refractivity contribution in [3.8, 4) is 11.1 Å². The fourth-order valence-corrected chi connectivity index (χ4v) is 1.88. The van der Waals surface area contributed by atoms with Gasteiger partial charge in [-0.15, -0.1) is 0 Å². The van der Waals surface area contributed by atoms with Gasteiger partial charge in [0.05, 0.1) is 12.7 Å². The highest BCUT2D eigenvalue weighted by Gasteiger charge is 2.08. The molecule has 0 aromatic heterocycles. The first-order valence-corrected chi connectivity index (χ1v) is 6.28. The molecule has 0 aliphatic carbocycles. The summed E-state index contributed by atoms with van der Waals surface area (Å²) in [7, 11) is 0. The second kappa shape index (κ2) is 6.36. The molecule has 5 N–H and O–H groups in total. The molecule has 4 nitrogen and oxygen atoms in total. The van der Waals surface area contributed by atoms with Crippen molar-refractivity contribution in [2.45, 2.75) is 6.10 Å². The van der Waals surface area contributed by atoms with E-state index in [1.54, 1.807) is 30.3 Å². The van der Waals surface area contributed by atoms with E-state index in [0.29, 0.717) is 5.69 Å². The first-order chi connectivity index (χ1) is 9.60. The van der Waals surface area contributed by atoms with Gasteiger partial charge in [0.1, 0.15) is 5.82 Å². The minimum atomic E-state index is -0.839. The third-order valence-corrected chi connectivity index (χ3v) is 2.94. The number of aliphatic hydroxyl groups is 2. The summed E-state index contributed by atoms with van der Waals surface area (Å²) < 4.78 is 13.0. The number of hydrogen-bond acceptors (Lipinski definition) is 4. The molecule has 0 radical (unpaired) electrons. The van der Waals surface area contributed by atoms with Crippen LogP contribution in [0.3, 0.4) is 0 Å². The molecular weight excluding hydrogens is 259 g/mol. The molecule has 0 fully saturated rings. The molecule has 5 heteroatoms. The number of nitrogens with one attached hydrogen (secondary N) is 1. The zero-order valence-corrected chi connectivity index (χ0v) is 10.9. The summed E-state index contributed by atoms with van der Waals surface area (Å²) in [5.74, 6) is -0.303. The second-order valence-electron chi connectivity index (χ2n) is 4.53. The van der Waals surface area contributed by atoms with Gasteiger partial charge in [-0.2, -0.15) is 0 Å². The number of hydrogen-bond donors (Lipinski definition) is 4. The molecule has 0 saturated heterocycles. The maximum absolute atomic E-state index is 13.0. The highest BCUT2D eigenvalue weighted by Crippen LogP contribution is 2.30. The molecule has 0 bridgehead atoms. The molecule has 0 heterocycles. The third-order valence-electron chi connectivity index (χ3n) is 2.94. The molecule has 0 saturated carbocycles. The average molecular weight is 276 g/mol. The number of benzene rings is 2. The highest BCUT2D eigenvalue weighted by molar-refractivity contribution is 5.80. The molecular formula is C15H17FN2O2. The Hall–Kier alpha value is -2.11. The van der Waals surface area contributed by atoms with Gasteiger partial charge in [-0.05, 0) is 35.9 Å². The van der Waals surface area contributed by atoms with Gasteiger partial charge in [0.25, 0.3) is 0 Å². The van der Waals surface area contributed by atoms with Crippen LogP contribution >= 0.6 is 0 Å². The van der Waals surface area contributed by atoms with Gasteiger partial charge in [0.15, 0.2) is 0 Å². The van der Waals surface area contributed by atoms with Crippen molar-refractivity contribution < 1.29 is 14.6 Å². The molecule has 2 aromatic carbocycles. The molecule has 1 unspecified atom stereocenters. The van der Waals surface area contributed by atoms with Crippen LogP contribution in [0.25, 0.3) is 11.1 Å². The zero-order chi connectivity index (χ0) is 14.5. The normalized spacial score (nSPS) is 12.2. The van der Waals surface area contributed by atoms with Crippen LogP contribution in [0.2, 0.25) is 0 Å². The summed E-state index contributed by atoms with van der Waals surface area (Å²) in [6.07, 6.45) is -0.839. The Balaban J connectivity index is 2.30. The van der Waals surface area contributed by atoms with Crippen LogP contribution in [0.1, 0.15) is 0 Å². The van der Waals surface area contributed by atoms with Gasteiger partial charge in [-0.25, -0.2) is 4.39 Å². The Bertz CT molecular complexity index is 573. The van der Waals surface area contributed by atoms with Gasteiger partial charge >= 0.3 is 0 Å². The molecule has 0 aliphatic heterocycles. The lowest BCUT2D eigenvalue weighted by atomic mass is 10.0. The quantitative estimate of drug-likeness (QED) is 0.628. The standard InChI is InChI=1S/C15H17FN2O2/c16-11-3-1-10(2-4-11)14-7-12(17)5-6-15(14)18-8-13(20)9-19/h1-7,13,18-20H,8-9,17H2. The lowest BCUT2D eigenvalue weighted by Crippen LogP contribution is -2.23. The van der Waals surface area contributed by atoms with Crippen LogP contribution in [0.15, 0.2) is 42.5 Å². The van der Waals surface area contributed by atoms with E-state index in [1.165, 1.54) is 12.1 Å². The number of halogens is 1. The van der Waals surface area contributed by atoms with Gasteiger partial charge in [-0.1, -0.05) is 12.1 Å². The molecule has 0 spiro atoms. The van der Waals surface area contributed by atoms with E-state index in [-0.39, 0.29) is 19.0 Å². The molecule has 20 heavy (non-hydrogen) atoms. The Morgan fingerprint density at radius 3 is 2.50 bits per heavy atom. The van der Waals surface area contributed by atoms with Crippen molar-refractivity contribution in [2.75, 3.05) is 24.2 Å². The van der Waals surface area contributed by atoms with Crippen LogP contribution in [0.5, 0.6) is 0 Å². The van der Waals surface area contributed by atoms with Gasteiger partial charge in [-0.3, -0.25) is 0 Å². The highest BCUT2D eigenvalue weighted by atomic mass is 19.1. The van der Waals surface area contributed by atoms with Gasteiger partial charge in [0, 0.05) is 23.5 Å². The van der Waals surface area contributed by atoms with E-state index in [9.17, 15) is 9.50 Å². The molecule has 106 valence electrons. The molecule has 2 rings (SSSR count). The average Bonchev–Trinajstić information content (AvgIpc) is 2.46. The van der Waals surface area contributed by atoms with E-state index in [4.69, 9.17) is 10.8 Å². The third kappa shape index (κ3) is 3.46. The van der Waals surface area contributed by atoms with E-state index < -0.39 is 6.10 Å². The molecule has 0 aliphatic rings. The monoisotopic (exact) mass is 276 g/mol. The van der Waals surface area contributed by atoms with Gasteiger partial charge in [0.2, 0.25) is 0 Å². The van der Waals surface area contributed by atoms with Gasteiger partial charge < -0.3 is 21.3 Å². The van der Waals surface area contributed by atoms with Crippen LogP contribution < -0.4 is 11.1 Å². The Kier molecular flexibility index (Phi) is 4.55. The van der Waals surface area contributed by atoms with E-state index in [0.717, 1.165) is 16.8 Å². The van der Waals surface area contributed by atoms with Crippen molar-refractivity contribution in [1.82, 2.24) is 0 Å². The van der Waals surface area contributed by atoms with Crippen LogP contribution in [-0.4, -0.2) is 29.5 Å². The van der Waals surface area contributed by atoms with E-state index in [1.807, 2.05) is 0 Å². The molecule has 2 aromatic rings. The summed E-state index contributed by atoms with van der Waals surface area (Å²) in [5, 5.41) is 21.3. The second-order valence-corrected chi connectivity index (χ2v) is 4.53. The summed E-state index contributed by atoms with van der Waals surface area (Å²) in [5.41, 5.74) is 8.78. The topological polar surface area (TPSA) is 78.5 Å². The number of nitrogens with two attached hydrogens (primary N) is 1. The smallest absolute Gasteiger partial charge is 0.123 e. The van der Waals surface area contributed by atoms with Crippen LogP contribution in [0.4, 0.5) is 15.8 Å². The molecule has 0 amide bonds. The zero-order valence-electron chi connectivity index (χ0n) is 10.9. The number of anilines is 2. The predicted molar refractivity (Wildman–Crippen MR) is 77.8 cm³/mol. The lowest BCUT2D eigenvalue weighted by molar-refractivity contribution is 0.105. The maximum atomic E-state index is 13.0. The Morgan fingerprint density at radius 1 is 1.15 bits per heavy atom. The number of nitrogen functional groups attached to an aromatic ring is 1. The van der Waals surface area contributed by atoms with Crippen LogP contribution in [-0.2, 0) is 0 Å². The fourth-order valence-electron chi connectivity index (χ4n) is 1.88. The first kappa shape index (κ1) is 14.3. The van der Waals surface area contributed by atoms with Crippen molar-refractivity contribution in [2.24, 2.45) is 0 Å². The van der Waals surface area contributed by atoms with Crippen LogP contribution in [0, 0.1) is 5.82 Å². The Labute approximate surface area is 116 Å². The number of aliphatic hydroxyl groups excluding tert-OH is 2. The van der Waals surface area contributed by atoms with Crippen molar-refractivity contribution >= 4 is 11.4 Å². The molecule has 1 atom stereocenters. The lowest BCUT2D eigenvalue weighted by Gasteiger charge is -2.15. The Morgan fingerprint density at radius 2 is 1.85 bits per heavy atom. The van der Waals surface area contributed by atoms with Crippen molar-refractivity contribution in [1.29, 1.82) is 0 Å². The van der Waals surface area contributed by atoms with E-state index >= 15 is 0 Å². The predicted octanol–water partition coefficient (Wildman–Crippen LogP) is 1.84. The summed E-state index contributed by atoms with van der Waals surface area (Å²) in [6.45, 7) is -0.0948. The first-order valence-electron chi connectivity index (χ1n) is 6.28. The summed E-state index contributed by atoms with van der Waals surface area (Å²) in [6, 6.07) is 11.4. The number of rotatable bonds is 5. The van der Waals surface area contributed by atoms with Crippen molar-refractivity contribution in [3.63, 3.8) is 0 Å². The van der Waals surface area contributed by atoms with E-state index in [2.05, 4.69) is 5.32 Å².